The van der Waals surface area contributed by atoms with Gasteiger partial charge in [-0.15, -0.1) is 5.10 Å². The third-order valence-electron chi connectivity index (χ3n) is 6.37. The molecular formula is C23H24N8O. The van der Waals surface area contributed by atoms with Crippen molar-refractivity contribution in [3.8, 4) is 5.75 Å². The predicted octanol–water partition coefficient (Wildman–Crippen LogP) is 3.21. The van der Waals surface area contributed by atoms with Crippen LogP contribution in [0.15, 0.2) is 42.6 Å². The van der Waals surface area contributed by atoms with Crippen LogP contribution in [0.25, 0.3) is 22.1 Å². The molecule has 9 nitrogen and oxygen atoms in total. The third-order valence-corrected chi connectivity index (χ3v) is 6.37. The number of fused-ring (bicyclic) bond motifs is 4. The van der Waals surface area contributed by atoms with Gasteiger partial charge in [-0.1, -0.05) is 12.1 Å². The van der Waals surface area contributed by atoms with Crippen LogP contribution in [0.5, 0.6) is 5.75 Å². The van der Waals surface area contributed by atoms with E-state index >= 15 is 0 Å². The van der Waals surface area contributed by atoms with Crippen molar-refractivity contribution in [3.63, 3.8) is 0 Å². The number of hydrogen-bond donors (Lipinski definition) is 1. The van der Waals surface area contributed by atoms with Crippen molar-refractivity contribution < 1.29 is 4.74 Å². The molecule has 0 unspecified atom stereocenters. The van der Waals surface area contributed by atoms with Crippen molar-refractivity contribution in [1.82, 2.24) is 29.2 Å². The van der Waals surface area contributed by atoms with E-state index in [9.17, 15) is 0 Å². The van der Waals surface area contributed by atoms with E-state index in [1.807, 2.05) is 28.9 Å². The number of nitrogens with two attached hydrogens (primary N) is 1. The average Bonchev–Trinajstić information content (AvgIpc) is 3.45. The Labute approximate surface area is 184 Å². The number of para-hydroxylation sites is 1. The lowest BCUT2D eigenvalue weighted by Gasteiger charge is -2.32. The summed E-state index contributed by atoms with van der Waals surface area (Å²) in [6, 6.07) is 12.1. The number of nitrogen functional groups attached to an aromatic ring is 1. The highest BCUT2D eigenvalue weighted by Gasteiger charge is 2.27. The first-order valence-corrected chi connectivity index (χ1v) is 10.8. The van der Waals surface area contributed by atoms with Crippen molar-refractivity contribution >= 4 is 33.7 Å². The zero-order valence-corrected chi connectivity index (χ0v) is 18.1. The molecule has 0 saturated carbocycles. The molecule has 1 aliphatic heterocycles. The monoisotopic (exact) mass is 428 g/mol. The van der Waals surface area contributed by atoms with E-state index in [0.29, 0.717) is 22.9 Å². The van der Waals surface area contributed by atoms with Gasteiger partial charge in [-0.3, -0.25) is 0 Å². The fraction of sp³-hybridized carbons (Fsp3) is 0.304. The zero-order chi connectivity index (χ0) is 21.8. The van der Waals surface area contributed by atoms with E-state index in [1.54, 1.807) is 11.6 Å². The van der Waals surface area contributed by atoms with Crippen molar-refractivity contribution in [2.24, 2.45) is 0 Å². The zero-order valence-electron chi connectivity index (χ0n) is 18.1. The fourth-order valence-corrected chi connectivity index (χ4v) is 4.77. The molecule has 0 aliphatic carbocycles. The van der Waals surface area contributed by atoms with Gasteiger partial charge in [0, 0.05) is 30.1 Å². The summed E-state index contributed by atoms with van der Waals surface area (Å²) < 4.78 is 9.10. The molecular weight excluding hydrogens is 404 g/mol. The van der Waals surface area contributed by atoms with Gasteiger partial charge in [-0.25, -0.2) is 14.5 Å². The third kappa shape index (κ3) is 2.77. The SMILES string of the molecule is COc1cccc2c1nc(N)n1nc([C@@H]3CCCN(c4cnn5c(C)cccc45)C3)nc21. The Morgan fingerprint density at radius 2 is 1.97 bits per heavy atom. The maximum atomic E-state index is 6.24. The molecule has 9 heteroatoms. The summed E-state index contributed by atoms with van der Waals surface area (Å²) in [6.45, 7) is 3.89. The summed E-state index contributed by atoms with van der Waals surface area (Å²) >= 11 is 0. The molecule has 6 rings (SSSR count). The second-order valence-corrected chi connectivity index (χ2v) is 8.31. The van der Waals surface area contributed by atoms with Crippen molar-refractivity contribution in [3.05, 3.63) is 54.1 Å². The van der Waals surface area contributed by atoms with Crippen LogP contribution in [0.3, 0.4) is 0 Å². The molecule has 5 heterocycles. The molecule has 2 N–H and O–H groups in total. The highest BCUT2D eigenvalue weighted by molar-refractivity contribution is 5.95. The number of benzene rings is 1. The quantitative estimate of drug-likeness (QED) is 0.471. The van der Waals surface area contributed by atoms with Gasteiger partial charge in [-0.05, 0) is 44.0 Å². The smallest absolute Gasteiger partial charge is 0.223 e. The standard InChI is InChI=1S/C23H24N8O/c1-14-6-3-9-17-18(12-25-30(14)17)29-11-5-7-15(13-29)21-27-22-16-8-4-10-19(32-2)20(16)26-23(24)31(22)28-21/h3-4,6,8-10,12,15H,5,7,11,13H2,1-2H3,(H2,24,26)/t15-/m1/s1. The van der Waals surface area contributed by atoms with Crippen LogP contribution in [-0.2, 0) is 0 Å². The molecule has 1 saturated heterocycles. The molecule has 0 spiro atoms. The number of methoxy groups -OCH3 is 1. The van der Waals surface area contributed by atoms with Gasteiger partial charge in [0.05, 0.1) is 24.5 Å². The van der Waals surface area contributed by atoms with Gasteiger partial charge in [0.25, 0.3) is 0 Å². The first-order chi connectivity index (χ1) is 15.6. The van der Waals surface area contributed by atoms with E-state index in [0.717, 1.165) is 54.0 Å². The van der Waals surface area contributed by atoms with Gasteiger partial charge >= 0.3 is 0 Å². The molecule has 162 valence electrons. The van der Waals surface area contributed by atoms with E-state index in [2.05, 4.69) is 40.1 Å². The number of ether oxygens (including phenoxy) is 1. The van der Waals surface area contributed by atoms with Crippen molar-refractivity contribution in [2.75, 3.05) is 30.8 Å². The molecule has 1 aromatic carbocycles. The van der Waals surface area contributed by atoms with E-state index in [1.165, 1.54) is 0 Å². The summed E-state index contributed by atoms with van der Waals surface area (Å²) in [6.07, 6.45) is 4.05. The lowest BCUT2D eigenvalue weighted by Crippen LogP contribution is -2.34. The van der Waals surface area contributed by atoms with Crippen LogP contribution in [0.4, 0.5) is 11.6 Å². The number of anilines is 2. The molecule has 1 fully saturated rings. The Balaban J connectivity index is 1.40. The number of piperidine rings is 1. The second-order valence-electron chi connectivity index (χ2n) is 8.31. The largest absolute Gasteiger partial charge is 0.494 e. The Kier molecular flexibility index (Phi) is 4.17. The Bertz CT molecular complexity index is 1470. The molecule has 1 aliphatic rings. The van der Waals surface area contributed by atoms with E-state index in [4.69, 9.17) is 20.6 Å². The molecule has 0 amide bonds. The number of hydrogen-bond acceptors (Lipinski definition) is 7. The first kappa shape index (κ1) is 18.9. The van der Waals surface area contributed by atoms with Crippen LogP contribution < -0.4 is 15.4 Å². The number of pyridine rings is 1. The van der Waals surface area contributed by atoms with Crippen LogP contribution >= 0.6 is 0 Å². The van der Waals surface area contributed by atoms with Crippen molar-refractivity contribution in [1.29, 1.82) is 0 Å². The summed E-state index contributed by atoms with van der Waals surface area (Å²) in [4.78, 5) is 11.8. The highest BCUT2D eigenvalue weighted by Crippen LogP contribution is 2.33. The van der Waals surface area contributed by atoms with Crippen LogP contribution in [-0.4, -0.2) is 49.4 Å². The predicted molar refractivity (Wildman–Crippen MR) is 123 cm³/mol. The van der Waals surface area contributed by atoms with Crippen LogP contribution in [0, 0.1) is 6.92 Å². The lowest BCUT2D eigenvalue weighted by atomic mass is 9.97. The minimum Gasteiger partial charge on any atom is -0.494 e. The molecule has 1 atom stereocenters. The minimum absolute atomic E-state index is 0.198. The Hall–Kier alpha value is -3.88. The Morgan fingerprint density at radius 1 is 1.09 bits per heavy atom. The van der Waals surface area contributed by atoms with Crippen LogP contribution in [0.2, 0.25) is 0 Å². The minimum atomic E-state index is 0.198. The normalized spacial score (nSPS) is 16.9. The second kappa shape index (κ2) is 7.08. The van der Waals surface area contributed by atoms with Gasteiger partial charge in [0.2, 0.25) is 5.95 Å². The summed E-state index contributed by atoms with van der Waals surface area (Å²) in [5.74, 6) is 1.98. The number of aryl methyl sites for hydroxylation is 1. The maximum Gasteiger partial charge on any atom is 0.223 e. The molecule has 4 aromatic heterocycles. The van der Waals surface area contributed by atoms with Gasteiger partial charge in [0.15, 0.2) is 11.5 Å². The number of rotatable bonds is 3. The van der Waals surface area contributed by atoms with Crippen LogP contribution in [0.1, 0.15) is 30.3 Å². The molecule has 32 heavy (non-hydrogen) atoms. The molecule has 0 radical (unpaired) electrons. The molecule has 0 bridgehead atoms. The highest BCUT2D eigenvalue weighted by atomic mass is 16.5. The number of aromatic nitrogens is 6. The topological polar surface area (TPSA) is 98.9 Å². The van der Waals surface area contributed by atoms with Gasteiger partial charge in [0.1, 0.15) is 11.3 Å². The lowest BCUT2D eigenvalue weighted by molar-refractivity contribution is 0.419. The summed E-state index contributed by atoms with van der Waals surface area (Å²) in [5, 5.41) is 10.2. The van der Waals surface area contributed by atoms with E-state index < -0.39 is 0 Å². The van der Waals surface area contributed by atoms with Gasteiger partial charge < -0.3 is 15.4 Å². The fourth-order valence-electron chi connectivity index (χ4n) is 4.77. The van der Waals surface area contributed by atoms with E-state index in [-0.39, 0.29) is 5.92 Å². The summed E-state index contributed by atoms with van der Waals surface area (Å²) in [7, 11) is 1.63. The average molecular weight is 429 g/mol. The Morgan fingerprint density at radius 3 is 2.84 bits per heavy atom. The number of nitrogens with zero attached hydrogens (tertiary/aromatic N) is 7. The van der Waals surface area contributed by atoms with Gasteiger partial charge in [-0.2, -0.15) is 9.61 Å². The maximum absolute atomic E-state index is 6.24. The first-order valence-electron chi connectivity index (χ1n) is 10.8. The summed E-state index contributed by atoms with van der Waals surface area (Å²) in [5.41, 5.74) is 11.1. The van der Waals surface area contributed by atoms with Crippen molar-refractivity contribution in [2.45, 2.75) is 25.7 Å². The molecule has 5 aromatic rings.